The Hall–Kier alpha value is -1.56. The van der Waals surface area contributed by atoms with Gasteiger partial charge in [-0.15, -0.1) is 0 Å². The summed E-state index contributed by atoms with van der Waals surface area (Å²) in [5.41, 5.74) is 5.85. The van der Waals surface area contributed by atoms with Crippen LogP contribution < -0.4 is 5.46 Å². The molecule has 0 spiro atoms. The van der Waals surface area contributed by atoms with E-state index in [1.54, 1.807) is 6.08 Å². The maximum absolute atomic E-state index is 6.08. The maximum Gasteiger partial charge on any atom is 0.330 e. The second kappa shape index (κ2) is 12.2. The predicted molar refractivity (Wildman–Crippen MR) is 152 cm³/mol. The number of benzene rings is 1. The predicted octanol–water partition coefficient (Wildman–Crippen LogP) is 6.48. The number of rotatable bonds is 13. The molecule has 0 fully saturated rings. The number of aliphatic imine (C=N–C) groups is 1. The number of hydrogen-bond acceptors (Lipinski definition) is 4. The molecule has 0 amide bonds. The summed E-state index contributed by atoms with van der Waals surface area (Å²) >= 11 is 4.67. The van der Waals surface area contributed by atoms with E-state index in [-0.39, 0.29) is 16.7 Å². The molecule has 0 saturated heterocycles. The first kappa shape index (κ1) is 29.5. The van der Waals surface area contributed by atoms with E-state index in [0.29, 0.717) is 0 Å². The minimum absolute atomic E-state index is 0.215. The van der Waals surface area contributed by atoms with Crippen molar-refractivity contribution in [2.45, 2.75) is 77.7 Å². The molecule has 1 radical (unpaired) electrons. The molecule has 5 heteroatoms. The molecular weight excluding hydrogens is 423 g/mol. The summed E-state index contributed by atoms with van der Waals surface area (Å²) in [6, 6.07) is 6.47. The molecule has 3 nitrogen and oxygen atoms in total. The van der Waals surface area contributed by atoms with E-state index in [1.807, 2.05) is 7.48 Å². The number of hydrogen-bond donors (Lipinski definition) is 1. The van der Waals surface area contributed by atoms with Gasteiger partial charge in [0.15, 0.2) is 0 Å². The van der Waals surface area contributed by atoms with E-state index >= 15 is 0 Å². The minimum atomic E-state index is -0.396. The van der Waals surface area contributed by atoms with Gasteiger partial charge in [0.05, 0.1) is 11.3 Å². The third kappa shape index (κ3) is 8.31. The van der Waals surface area contributed by atoms with Crippen LogP contribution in [-0.4, -0.2) is 48.6 Å². The Kier molecular flexibility index (Phi) is 10.9. The number of aryl methyl sites for hydroxylation is 1. The molecule has 0 aliphatic heterocycles. The Morgan fingerprint density at radius 1 is 1.24 bits per heavy atom. The van der Waals surface area contributed by atoms with Crippen molar-refractivity contribution >= 4 is 37.0 Å². The molecule has 0 aromatic heterocycles. The van der Waals surface area contributed by atoms with Gasteiger partial charge >= 0.3 is 7.48 Å². The zero-order chi connectivity index (χ0) is 25.6. The van der Waals surface area contributed by atoms with Gasteiger partial charge in [0.2, 0.25) is 0 Å². The van der Waals surface area contributed by atoms with Crippen LogP contribution in [0.15, 0.2) is 60.2 Å². The summed E-state index contributed by atoms with van der Waals surface area (Å²) in [6.07, 6.45) is 3.59. The molecule has 0 heterocycles. The van der Waals surface area contributed by atoms with Gasteiger partial charge in [0.1, 0.15) is 0 Å². The first-order valence-electron chi connectivity index (χ1n) is 11.7. The molecular formula is C28H44BN2OS. The lowest BCUT2D eigenvalue weighted by atomic mass is 9.83. The van der Waals surface area contributed by atoms with Crippen LogP contribution in [0.5, 0.6) is 0 Å². The molecule has 0 N–H and O–H groups in total. The SMILES string of the molecule is C=CC(=C)C(=C)C(C)CC(C(CC)=Nc1ccc([B]OC(C)(C)C(C)(C)S)cc1C)N(C)C. The molecule has 0 bridgehead atoms. The van der Waals surface area contributed by atoms with Crippen molar-refractivity contribution in [3.63, 3.8) is 0 Å². The number of nitrogens with zero attached hydrogens (tertiary/aromatic N) is 2. The molecule has 0 saturated carbocycles. The van der Waals surface area contributed by atoms with Crippen LogP contribution in [0.2, 0.25) is 0 Å². The first-order chi connectivity index (χ1) is 15.1. The summed E-state index contributed by atoms with van der Waals surface area (Å²) < 4.78 is 5.81. The summed E-state index contributed by atoms with van der Waals surface area (Å²) in [5.74, 6) is 0.286. The van der Waals surface area contributed by atoms with Gasteiger partial charge in [0, 0.05) is 16.5 Å². The quantitative estimate of drug-likeness (QED) is 0.155. The molecule has 1 rings (SSSR count). The fourth-order valence-corrected chi connectivity index (χ4v) is 3.40. The third-order valence-corrected chi connectivity index (χ3v) is 7.19. The Balaban J connectivity index is 3.11. The lowest BCUT2D eigenvalue weighted by Crippen LogP contribution is -2.45. The smallest absolute Gasteiger partial charge is 0.330 e. The average molecular weight is 468 g/mol. The molecule has 181 valence electrons. The van der Waals surface area contributed by atoms with Crippen LogP contribution in [-0.2, 0) is 4.65 Å². The highest BCUT2D eigenvalue weighted by molar-refractivity contribution is 7.81. The lowest BCUT2D eigenvalue weighted by molar-refractivity contribution is 0.0854. The molecule has 0 aliphatic rings. The normalized spacial score (nSPS) is 14.7. The number of thiol groups is 1. The van der Waals surface area contributed by atoms with Crippen molar-refractivity contribution in [1.82, 2.24) is 4.90 Å². The second-order valence-electron chi connectivity index (χ2n) is 10.2. The molecule has 1 aromatic carbocycles. The van der Waals surface area contributed by atoms with Crippen molar-refractivity contribution in [2.75, 3.05) is 14.1 Å². The van der Waals surface area contributed by atoms with Crippen LogP contribution in [0.3, 0.4) is 0 Å². The summed E-state index contributed by atoms with van der Waals surface area (Å²) in [7, 11) is 6.04. The highest BCUT2D eigenvalue weighted by Crippen LogP contribution is 2.30. The maximum atomic E-state index is 6.08. The van der Waals surface area contributed by atoms with Crippen molar-refractivity contribution in [2.24, 2.45) is 10.9 Å². The number of allylic oxidation sites excluding steroid dienone is 3. The van der Waals surface area contributed by atoms with Crippen molar-refractivity contribution in [3.05, 3.63) is 60.7 Å². The summed E-state index contributed by atoms with van der Waals surface area (Å²) in [5, 5.41) is 0. The highest BCUT2D eigenvalue weighted by atomic mass is 32.1. The van der Waals surface area contributed by atoms with E-state index in [9.17, 15) is 0 Å². The van der Waals surface area contributed by atoms with E-state index in [2.05, 4.69) is 118 Å². The van der Waals surface area contributed by atoms with E-state index in [0.717, 1.165) is 46.4 Å². The van der Waals surface area contributed by atoms with Crippen LogP contribution in [0, 0.1) is 12.8 Å². The van der Waals surface area contributed by atoms with Crippen molar-refractivity contribution < 1.29 is 4.65 Å². The van der Waals surface area contributed by atoms with Gasteiger partial charge in [-0.25, -0.2) is 0 Å². The highest BCUT2D eigenvalue weighted by Gasteiger charge is 2.34. The zero-order valence-corrected chi connectivity index (χ0v) is 23.2. The Morgan fingerprint density at radius 2 is 1.85 bits per heavy atom. The second-order valence-corrected chi connectivity index (χ2v) is 11.3. The van der Waals surface area contributed by atoms with E-state index in [1.165, 1.54) is 0 Å². The van der Waals surface area contributed by atoms with Crippen LogP contribution >= 0.6 is 12.6 Å². The first-order valence-corrected chi connectivity index (χ1v) is 12.2. The zero-order valence-electron chi connectivity index (χ0n) is 22.3. The fraction of sp³-hybridized carbons (Fsp3) is 0.536. The van der Waals surface area contributed by atoms with Crippen molar-refractivity contribution in [1.29, 1.82) is 0 Å². The molecule has 1 aromatic rings. The summed E-state index contributed by atoms with van der Waals surface area (Å²) in [4.78, 5) is 7.35. The van der Waals surface area contributed by atoms with Gasteiger partial charge in [-0.2, -0.15) is 12.6 Å². The van der Waals surface area contributed by atoms with Crippen molar-refractivity contribution in [3.8, 4) is 0 Å². The van der Waals surface area contributed by atoms with Crippen LogP contribution in [0.1, 0.15) is 59.9 Å². The molecule has 33 heavy (non-hydrogen) atoms. The van der Waals surface area contributed by atoms with Gasteiger partial charge < -0.3 is 9.55 Å². The van der Waals surface area contributed by atoms with Gasteiger partial charge in [-0.3, -0.25) is 4.99 Å². The monoisotopic (exact) mass is 467 g/mol. The molecule has 2 unspecified atom stereocenters. The van der Waals surface area contributed by atoms with Crippen LogP contribution in [0.4, 0.5) is 5.69 Å². The molecule has 0 aliphatic carbocycles. The van der Waals surface area contributed by atoms with Gasteiger partial charge in [-0.05, 0) is 90.2 Å². The van der Waals surface area contributed by atoms with E-state index in [4.69, 9.17) is 9.65 Å². The Bertz CT molecular complexity index is 880. The average Bonchev–Trinajstić information content (AvgIpc) is 2.73. The Morgan fingerprint density at radius 3 is 2.30 bits per heavy atom. The minimum Gasteiger partial charge on any atom is -0.428 e. The molecule has 2 atom stereocenters. The third-order valence-electron chi connectivity index (χ3n) is 6.65. The summed E-state index contributed by atoms with van der Waals surface area (Å²) in [6.45, 7) is 26.8. The standard InChI is InChI=1S/C28H44BN2OS/c1-13-19(3)22(6)20(4)18-26(31(11)12)24(14-2)30-25-16-15-23(17-21(25)5)29-32-27(7,8)28(9,10)33/h13,15-17,20,26,33H,1,3,6,14,18H2,2,4-5,7-12H3. The topological polar surface area (TPSA) is 24.8 Å². The van der Waals surface area contributed by atoms with Gasteiger partial charge in [-0.1, -0.05) is 57.3 Å². The van der Waals surface area contributed by atoms with Crippen LogP contribution in [0.25, 0.3) is 0 Å². The van der Waals surface area contributed by atoms with E-state index < -0.39 is 5.60 Å². The largest absolute Gasteiger partial charge is 0.428 e. The van der Waals surface area contributed by atoms with Gasteiger partial charge in [0.25, 0.3) is 0 Å². The fourth-order valence-electron chi connectivity index (χ4n) is 3.35. The Labute approximate surface area is 209 Å². The lowest BCUT2D eigenvalue weighted by Gasteiger charge is -2.38.